The number of fused-ring (bicyclic) bond motifs is 1. The van der Waals surface area contributed by atoms with E-state index in [9.17, 15) is 9.59 Å². The third-order valence-corrected chi connectivity index (χ3v) is 5.87. The molecular formula is C23H22N2O4S. The highest BCUT2D eigenvalue weighted by atomic mass is 32.1. The van der Waals surface area contributed by atoms with Crippen LogP contribution in [0.1, 0.15) is 25.7 Å². The third kappa shape index (κ3) is 5.18. The number of aromatic nitrogens is 1. The number of para-hydroxylation sites is 1. The van der Waals surface area contributed by atoms with Gasteiger partial charge in [0, 0.05) is 19.6 Å². The monoisotopic (exact) mass is 422 g/mol. The first kappa shape index (κ1) is 20.4. The molecule has 1 saturated heterocycles. The average molecular weight is 423 g/mol. The van der Waals surface area contributed by atoms with Crippen LogP contribution >= 0.6 is 11.3 Å². The summed E-state index contributed by atoms with van der Waals surface area (Å²) in [4.78, 5) is 31.2. The average Bonchev–Trinajstić information content (AvgIpc) is 3.23. The van der Waals surface area contributed by atoms with Gasteiger partial charge in [0.1, 0.15) is 6.61 Å². The van der Waals surface area contributed by atoms with Crippen molar-refractivity contribution in [1.29, 1.82) is 0 Å². The van der Waals surface area contributed by atoms with Crippen LogP contribution in [0, 0.1) is 0 Å². The molecule has 6 nitrogen and oxygen atoms in total. The van der Waals surface area contributed by atoms with E-state index >= 15 is 0 Å². The van der Waals surface area contributed by atoms with Crippen LogP contribution in [0.15, 0.2) is 54.6 Å². The molecule has 0 N–H and O–H groups in total. The Balaban J connectivity index is 1.30. The van der Waals surface area contributed by atoms with E-state index in [1.165, 1.54) is 17.4 Å². The summed E-state index contributed by atoms with van der Waals surface area (Å²) in [6.07, 6.45) is 3.23. The van der Waals surface area contributed by atoms with Crippen molar-refractivity contribution in [1.82, 2.24) is 9.88 Å². The minimum absolute atomic E-state index is 0.136. The summed E-state index contributed by atoms with van der Waals surface area (Å²) < 4.78 is 11.6. The molecule has 2 aromatic carbocycles. The second-order valence-electron chi connectivity index (χ2n) is 6.90. The maximum absolute atomic E-state index is 12.4. The smallest absolute Gasteiger partial charge is 0.338 e. The van der Waals surface area contributed by atoms with Crippen molar-refractivity contribution >= 4 is 39.4 Å². The predicted molar refractivity (Wildman–Crippen MR) is 117 cm³/mol. The number of esters is 1. The Morgan fingerprint density at radius 2 is 1.87 bits per heavy atom. The van der Waals surface area contributed by atoms with Crippen LogP contribution in [0.2, 0.25) is 0 Å². The molecule has 30 heavy (non-hydrogen) atoms. The summed E-state index contributed by atoms with van der Waals surface area (Å²) in [5.74, 6) is -0.480. The minimum atomic E-state index is -0.343. The number of rotatable bonds is 7. The first-order valence-electron chi connectivity index (χ1n) is 9.84. The molecule has 4 rings (SSSR count). The number of allylic oxidation sites excluding steroid dienone is 1. The second kappa shape index (κ2) is 9.75. The van der Waals surface area contributed by atoms with Crippen molar-refractivity contribution in [3.63, 3.8) is 0 Å². The van der Waals surface area contributed by atoms with Crippen molar-refractivity contribution in [2.75, 3.05) is 39.5 Å². The highest BCUT2D eigenvalue weighted by Gasteiger charge is 2.12. The molecule has 0 amide bonds. The van der Waals surface area contributed by atoms with Gasteiger partial charge in [0.15, 0.2) is 5.01 Å². The van der Waals surface area contributed by atoms with Crippen LogP contribution in [0.3, 0.4) is 0 Å². The predicted octanol–water partition coefficient (Wildman–Crippen LogP) is 3.68. The van der Waals surface area contributed by atoms with Gasteiger partial charge in [0.2, 0.25) is 5.78 Å². The van der Waals surface area contributed by atoms with Crippen molar-refractivity contribution in [2.24, 2.45) is 0 Å². The number of carbonyl (C=O) groups excluding carboxylic acids is 2. The number of nitrogens with zero attached hydrogens (tertiary/aromatic N) is 2. The second-order valence-corrected chi connectivity index (χ2v) is 7.93. The van der Waals surface area contributed by atoms with Crippen LogP contribution in [-0.4, -0.2) is 61.1 Å². The summed E-state index contributed by atoms with van der Waals surface area (Å²) in [5.41, 5.74) is 2.15. The van der Waals surface area contributed by atoms with Crippen LogP contribution in [0.25, 0.3) is 16.3 Å². The first-order chi connectivity index (χ1) is 14.7. The Kier molecular flexibility index (Phi) is 6.63. The van der Waals surface area contributed by atoms with Crippen molar-refractivity contribution < 1.29 is 19.1 Å². The summed E-state index contributed by atoms with van der Waals surface area (Å²) in [5, 5.41) is 0.466. The highest BCUT2D eigenvalue weighted by molar-refractivity contribution is 7.20. The molecule has 0 saturated carbocycles. The van der Waals surface area contributed by atoms with E-state index in [1.807, 2.05) is 24.3 Å². The molecule has 0 atom stereocenters. The van der Waals surface area contributed by atoms with Crippen LogP contribution in [0.5, 0.6) is 0 Å². The molecule has 0 aliphatic carbocycles. The summed E-state index contributed by atoms with van der Waals surface area (Å²) >= 11 is 1.38. The maximum Gasteiger partial charge on any atom is 0.338 e. The number of morpholine rings is 1. The molecule has 0 spiro atoms. The number of hydrogen-bond acceptors (Lipinski definition) is 7. The van der Waals surface area contributed by atoms with Crippen molar-refractivity contribution in [2.45, 2.75) is 0 Å². The van der Waals surface area contributed by atoms with E-state index in [1.54, 1.807) is 30.3 Å². The topological polar surface area (TPSA) is 68.7 Å². The molecule has 7 heteroatoms. The van der Waals surface area contributed by atoms with Crippen LogP contribution in [0.4, 0.5) is 0 Å². The lowest BCUT2D eigenvalue weighted by molar-refractivity contribution is 0.0195. The standard InChI is InChI=1S/C23H22N2O4S/c26-20(22-24-19-3-1-2-4-21(19)30-22)10-7-17-5-8-18(9-6-17)23(27)29-16-13-25-11-14-28-15-12-25/h1-10H,11-16H2. The Morgan fingerprint density at radius 3 is 2.63 bits per heavy atom. The fourth-order valence-corrected chi connectivity index (χ4v) is 4.01. The Labute approximate surface area is 178 Å². The van der Waals surface area contributed by atoms with Gasteiger partial charge in [-0.3, -0.25) is 9.69 Å². The zero-order valence-electron chi connectivity index (χ0n) is 16.5. The lowest BCUT2D eigenvalue weighted by Gasteiger charge is -2.26. The third-order valence-electron chi connectivity index (χ3n) is 4.82. The summed E-state index contributed by atoms with van der Waals surface area (Å²) in [7, 11) is 0. The number of benzene rings is 2. The van der Waals surface area contributed by atoms with Gasteiger partial charge in [-0.1, -0.05) is 30.3 Å². The van der Waals surface area contributed by atoms with Gasteiger partial charge >= 0.3 is 5.97 Å². The maximum atomic E-state index is 12.4. The van der Waals surface area contributed by atoms with Crippen LogP contribution < -0.4 is 0 Å². The van der Waals surface area contributed by atoms with Gasteiger partial charge in [0.05, 0.1) is 29.0 Å². The number of carbonyl (C=O) groups is 2. The molecule has 1 aliphatic rings. The van der Waals surface area contributed by atoms with E-state index in [0.717, 1.165) is 42.1 Å². The quantitative estimate of drug-likeness (QED) is 0.329. The minimum Gasteiger partial charge on any atom is -0.461 e. The zero-order chi connectivity index (χ0) is 20.8. The van der Waals surface area contributed by atoms with Gasteiger partial charge in [-0.05, 0) is 35.9 Å². The Hall–Kier alpha value is -2.87. The Morgan fingerprint density at radius 1 is 1.10 bits per heavy atom. The van der Waals surface area contributed by atoms with E-state index < -0.39 is 0 Å². The fourth-order valence-electron chi connectivity index (χ4n) is 3.13. The van der Waals surface area contributed by atoms with E-state index in [0.29, 0.717) is 23.7 Å². The normalized spacial score (nSPS) is 14.9. The molecule has 1 aliphatic heterocycles. The van der Waals surface area contributed by atoms with Gasteiger partial charge in [-0.2, -0.15) is 0 Å². The molecule has 1 aromatic heterocycles. The van der Waals surface area contributed by atoms with Gasteiger partial charge in [-0.25, -0.2) is 9.78 Å². The number of ketones is 1. The van der Waals surface area contributed by atoms with E-state index in [4.69, 9.17) is 9.47 Å². The highest BCUT2D eigenvalue weighted by Crippen LogP contribution is 2.22. The first-order valence-corrected chi connectivity index (χ1v) is 10.7. The van der Waals surface area contributed by atoms with Gasteiger partial charge in [0.25, 0.3) is 0 Å². The number of ether oxygens (including phenoxy) is 2. The lowest BCUT2D eigenvalue weighted by atomic mass is 10.1. The van der Waals surface area contributed by atoms with Gasteiger partial charge in [-0.15, -0.1) is 11.3 Å². The molecule has 2 heterocycles. The van der Waals surface area contributed by atoms with Crippen molar-refractivity contribution in [3.8, 4) is 0 Å². The largest absolute Gasteiger partial charge is 0.461 e. The molecule has 154 valence electrons. The van der Waals surface area contributed by atoms with E-state index in [-0.39, 0.29) is 11.8 Å². The molecular weight excluding hydrogens is 400 g/mol. The van der Waals surface area contributed by atoms with Crippen LogP contribution in [-0.2, 0) is 9.47 Å². The summed E-state index contributed by atoms with van der Waals surface area (Å²) in [6.45, 7) is 4.26. The van der Waals surface area contributed by atoms with Gasteiger partial charge < -0.3 is 9.47 Å². The SMILES string of the molecule is O=C(OCCN1CCOCC1)c1ccc(C=CC(=O)c2nc3ccccc3s2)cc1. The zero-order valence-corrected chi connectivity index (χ0v) is 17.3. The number of thiazole rings is 1. The molecule has 0 unspecified atom stereocenters. The Bertz CT molecular complexity index is 1020. The summed E-state index contributed by atoms with van der Waals surface area (Å²) in [6, 6.07) is 14.7. The van der Waals surface area contributed by atoms with E-state index in [2.05, 4.69) is 9.88 Å². The molecule has 0 bridgehead atoms. The molecule has 1 fully saturated rings. The molecule has 0 radical (unpaired) electrons. The molecule has 3 aromatic rings. The lowest BCUT2D eigenvalue weighted by Crippen LogP contribution is -2.38. The van der Waals surface area contributed by atoms with Crippen molar-refractivity contribution in [3.05, 3.63) is 70.7 Å². The fraction of sp³-hybridized carbons (Fsp3) is 0.261. The number of hydrogen-bond donors (Lipinski definition) is 0.